The van der Waals surface area contributed by atoms with E-state index in [9.17, 15) is 21.6 Å². The van der Waals surface area contributed by atoms with Crippen LogP contribution in [0.2, 0.25) is 0 Å². The lowest BCUT2D eigenvalue weighted by atomic mass is 10.1. The number of aryl methyl sites for hydroxylation is 1. The number of hydrogen-bond acceptors (Lipinski definition) is 4. The Bertz CT molecular complexity index is 579. The van der Waals surface area contributed by atoms with E-state index in [2.05, 4.69) is 4.28 Å². The van der Waals surface area contributed by atoms with Crippen LogP contribution >= 0.6 is 0 Å². The minimum absolute atomic E-state index is 0.329. The minimum Gasteiger partial charge on any atom is -0.192 e. The minimum atomic E-state index is -4.74. The number of nitrogens with zero attached hydrogens (tertiary/aromatic N) is 1. The van der Waals surface area contributed by atoms with E-state index in [1.807, 2.05) is 0 Å². The van der Waals surface area contributed by atoms with Crippen molar-refractivity contribution in [2.24, 2.45) is 0 Å². The molecule has 2 rings (SSSR count). The zero-order valence-electron chi connectivity index (χ0n) is 10.1. The van der Waals surface area contributed by atoms with Crippen molar-refractivity contribution in [3.8, 4) is 0 Å². The van der Waals surface area contributed by atoms with E-state index in [0.29, 0.717) is 18.7 Å². The van der Waals surface area contributed by atoms with E-state index < -0.39 is 26.8 Å². The van der Waals surface area contributed by atoms with Gasteiger partial charge in [0, 0.05) is 13.1 Å². The topological polar surface area (TPSA) is 46.6 Å². The summed E-state index contributed by atoms with van der Waals surface area (Å²) in [7, 11) is -4.44. The highest BCUT2D eigenvalue weighted by Crippen LogP contribution is 2.35. The van der Waals surface area contributed by atoms with Crippen molar-refractivity contribution >= 4 is 10.1 Å². The first kappa shape index (κ1) is 14.3. The fourth-order valence-electron chi connectivity index (χ4n) is 1.62. The monoisotopic (exact) mass is 295 g/mol. The second-order valence-electron chi connectivity index (χ2n) is 4.31. The normalized spacial score (nSPS) is 17.3. The van der Waals surface area contributed by atoms with Crippen LogP contribution in [0.4, 0.5) is 13.2 Å². The highest BCUT2D eigenvalue weighted by Gasteiger charge is 2.38. The summed E-state index contributed by atoms with van der Waals surface area (Å²) in [4.78, 5) is -0.850. The highest BCUT2D eigenvalue weighted by atomic mass is 32.2. The largest absolute Gasteiger partial charge is 0.417 e. The molecule has 0 amide bonds. The molecule has 0 bridgehead atoms. The highest BCUT2D eigenvalue weighted by molar-refractivity contribution is 7.86. The van der Waals surface area contributed by atoms with Gasteiger partial charge in [0.05, 0.1) is 5.56 Å². The van der Waals surface area contributed by atoms with E-state index in [1.165, 1.54) is 13.0 Å². The van der Waals surface area contributed by atoms with Crippen molar-refractivity contribution in [1.29, 1.82) is 0 Å². The van der Waals surface area contributed by atoms with Gasteiger partial charge in [-0.1, -0.05) is 11.6 Å². The van der Waals surface area contributed by atoms with Crippen LogP contribution < -0.4 is 0 Å². The number of hydrogen-bond donors (Lipinski definition) is 0. The molecule has 1 aliphatic heterocycles. The lowest BCUT2D eigenvalue weighted by Crippen LogP contribution is -2.39. The molecule has 1 fully saturated rings. The van der Waals surface area contributed by atoms with Gasteiger partial charge in [0.1, 0.15) is 4.90 Å². The summed E-state index contributed by atoms with van der Waals surface area (Å²) in [5, 5.41) is 1.12. The van der Waals surface area contributed by atoms with Crippen LogP contribution in [0, 0.1) is 6.92 Å². The second kappa shape index (κ2) is 4.77. The fourth-order valence-corrected chi connectivity index (χ4v) is 2.81. The first-order chi connectivity index (χ1) is 8.70. The number of rotatable bonds is 3. The molecule has 4 nitrogen and oxygen atoms in total. The van der Waals surface area contributed by atoms with Gasteiger partial charge < -0.3 is 0 Å². The molecule has 106 valence electrons. The van der Waals surface area contributed by atoms with Gasteiger partial charge in [-0.2, -0.15) is 30.9 Å². The summed E-state index contributed by atoms with van der Waals surface area (Å²) in [6, 6.07) is 3.03. The molecule has 1 aromatic rings. The summed E-state index contributed by atoms with van der Waals surface area (Å²) in [5.74, 6) is 0. The van der Waals surface area contributed by atoms with Gasteiger partial charge in [-0.05, 0) is 25.5 Å². The average Bonchev–Trinajstić information content (AvgIpc) is 2.22. The maximum atomic E-state index is 12.9. The molecule has 1 heterocycles. The molecule has 0 spiro atoms. The second-order valence-corrected chi connectivity index (χ2v) is 5.81. The van der Waals surface area contributed by atoms with Crippen molar-refractivity contribution in [3.05, 3.63) is 29.3 Å². The Morgan fingerprint density at radius 1 is 1.26 bits per heavy atom. The van der Waals surface area contributed by atoms with Crippen LogP contribution in [0.25, 0.3) is 0 Å². The maximum absolute atomic E-state index is 12.9. The molecular formula is C11H12F3NO3S. The van der Waals surface area contributed by atoms with Crippen LogP contribution in [0.3, 0.4) is 0 Å². The molecule has 1 aliphatic rings. The molecule has 0 saturated carbocycles. The molecule has 0 radical (unpaired) electrons. The first-order valence-corrected chi connectivity index (χ1v) is 6.98. The predicted molar refractivity (Wildman–Crippen MR) is 60.6 cm³/mol. The van der Waals surface area contributed by atoms with Gasteiger partial charge in [-0.3, -0.25) is 0 Å². The van der Waals surface area contributed by atoms with Crippen LogP contribution in [0.1, 0.15) is 17.5 Å². The zero-order chi connectivity index (χ0) is 14.3. The van der Waals surface area contributed by atoms with Gasteiger partial charge in [0.25, 0.3) is 0 Å². The van der Waals surface area contributed by atoms with Crippen LogP contribution in [0.5, 0.6) is 0 Å². The van der Waals surface area contributed by atoms with Crippen molar-refractivity contribution in [1.82, 2.24) is 5.06 Å². The van der Waals surface area contributed by atoms with E-state index in [0.717, 1.165) is 23.6 Å². The maximum Gasteiger partial charge on any atom is 0.417 e. The molecule has 8 heteroatoms. The van der Waals surface area contributed by atoms with E-state index in [4.69, 9.17) is 0 Å². The Labute approximate surface area is 108 Å². The third kappa shape index (κ3) is 3.07. The predicted octanol–water partition coefficient (Wildman–Crippen LogP) is 2.34. The quantitative estimate of drug-likeness (QED) is 0.858. The van der Waals surface area contributed by atoms with E-state index >= 15 is 0 Å². The summed E-state index contributed by atoms with van der Waals surface area (Å²) < 4.78 is 66.9. The third-order valence-corrected chi connectivity index (χ3v) is 4.03. The van der Waals surface area contributed by atoms with Crippen molar-refractivity contribution in [2.45, 2.75) is 24.4 Å². The summed E-state index contributed by atoms with van der Waals surface area (Å²) in [6.45, 7) is 2.25. The Morgan fingerprint density at radius 3 is 2.37 bits per heavy atom. The lowest BCUT2D eigenvalue weighted by molar-refractivity contribution is -0.140. The molecule has 0 atom stereocenters. The SMILES string of the molecule is Cc1ccc(S(=O)(=O)ON2CCC2)c(C(F)(F)F)c1. The Balaban J connectivity index is 2.43. The van der Waals surface area contributed by atoms with E-state index in [1.54, 1.807) is 0 Å². The molecular weight excluding hydrogens is 283 g/mol. The molecule has 0 N–H and O–H groups in total. The standard InChI is InChI=1S/C11H12F3NO3S/c1-8-3-4-10(9(7-8)11(12,13)14)19(16,17)18-15-5-2-6-15/h3-4,7H,2,5-6H2,1H3. The summed E-state index contributed by atoms with van der Waals surface area (Å²) >= 11 is 0. The number of hydroxylamine groups is 2. The van der Waals surface area contributed by atoms with Gasteiger partial charge in [0.15, 0.2) is 0 Å². The smallest absolute Gasteiger partial charge is 0.192 e. The van der Waals surface area contributed by atoms with E-state index in [-0.39, 0.29) is 0 Å². The van der Waals surface area contributed by atoms with Crippen LogP contribution in [-0.2, 0) is 20.6 Å². The Morgan fingerprint density at radius 2 is 1.89 bits per heavy atom. The van der Waals surface area contributed by atoms with Crippen molar-refractivity contribution in [3.63, 3.8) is 0 Å². The van der Waals surface area contributed by atoms with Crippen LogP contribution in [0.15, 0.2) is 23.1 Å². The van der Waals surface area contributed by atoms with Gasteiger partial charge in [-0.25, -0.2) is 0 Å². The third-order valence-electron chi connectivity index (χ3n) is 2.73. The molecule has 0 aromatic heterocycles. The van der Waals surface area contributed by atoms with Crippen molar-refractivity contribution in [2.75, 3.05) is 13.1 Å². The first-order valence-electron chi connectivity index (χ1n) is 5.57. The summed E-state index contributed by atoms with van der Waals surface area (Å²) in [5.41, 5.74) is -0.872. The number of benzene rings is 1. The van der Waals surface area contributed by atoms with Gasteiger partial charge in [-0.15, -0.1) is 0 Å². The molecule has 1 aromatic carbocycles. The van der Waals surface area contributed by atoms with Gasteiger partial charge in [0.2, 0.25) is 0 Å². The average molecular weight is 295 g/mol. The lowest BCUT2D eigenvalue weighted by Gasteiger charge is -2.28. The zero-order valence-corrected chi connectivity index (χ0v) is 10.9. The molecule has 1 saturated heterocycles. The molecule has 0 aliphatic carbocycles. The Hall–Kier alpha value is -1.12. The molecule has 19 heavy (non-hydrogen) atoms. The summed E-state index contributed by atoms with van der Waals surface area (Å²) in [6.07, 6.45) is -3.98. The Kier molecular flexibility index (Phi) is 3.59. The van der Waals surface area contributed by atoms with Crippen molar-refractivity contribution < 1.29 is 25.9 Å². The number of alkyl halides is 3. The number of halogens is 3. The fraction of sp³-hybridized carbons (Fsp3) is 0.455. The molecule has 0 unspecified atom stereocenters. The van der Waals surface area contributed by atoms with Crippen LogP contribution in [-0.4, -0.2) is 26.6 Å². The van der Waals surface area contributed by atoms with Gasteiger partial charge >= 0.3 is 16.3 Å².